The van der Waals surface area contributed by atoms with E-state index < -0.39 is 23.7 Å². The molecular formula is C27H29Cl2FN2O4. The van der Waals surface area contributed by atoms with E-state index in [1.54, 1.807) is 12.1 Å². The first-order chi connectivity index (χ1) is 17.3. The summed E-state index contributed by atoms with van der Waals surface area (Å²) in [6.07, 6.45) is 3.66. The van der Waals surface area contributed by atoms with Gasteiger partial charge in [-0.3, -0.25) is 9.69 Å². The number of carbonyl (C=O) groups excluding carboxylic acids is 1. The van der Waals surface area contributed by atoms with Crippen LogP contribution in [0.4, 0.5) is 4.39 Å². The van der Waals surface area contributed by atoms with Crippen LogP contribution in [0.5, 0.6) is 0 Å². The third kappa shape index (κ3) is 5.70. The Balaban J connectivity index is 1.32. The van der Waals surface area contributed by atoms with Gasteiger partial charge in [-0.2, -0.15) is 0 Å². The van der Waals surface area contributed by atoms with Crippen LogP contribution in [0.15, 0.2) is 30.3 Å². The number of aliphatic carboxylic acids is 1. The molecule has 2 aliphatic heterocycles. The summed E-state index contributed by atoms with van der Waals surface area (Å²) in [4.78, 5) is 28.2. The number of hydrogen-bond acceptors (Lipinski definition) is 4. The number of carbonyl (C=O) groups is 2. The number of likely N-dealkylation sites (tertiary alicyclic amines) is 1. The zero-order valence-electron chi connectivity index (χ0n) is 19.9. The maximum absolute atomic E-state index is 15.3. The molecule has 2 heterocycles. The Morgan fingerprint density at radius 3 is 2.50 bits per heavy atom. The normalized spacial score (nSPS) is 22.7. The standard InChI is InChI=1S/C27H29Cl2FN2O4/c28-19-8-16(9-20(29)12-19)10-21-15-31(6-7-36-21)14-18-11-24(30)23(13-22(18)17-3-4-17)26(33)32-5-1-2-25(32)27(34)35/h8-9,11-13,17,21,25H,1-7,10,14-15H2,(H,34,35)/t21-,25+/m1/s1. The summed E-state index contributed by atoms with van der Waals surface area (Å²) >= 11 is 12.3. The lowest BCUT2D eigenvalue weighted by Crippen LogP contribution is -2.43. The molecule has 1 saturated carbocycles. The second-order valence-electron chi connectivity index (χ2n) is 10.0. The van der Waals surface area contributed by atoms with Crippen molar-refractivity contribution in [3.63, 3.8) is 0 Å². The molecule has 192 valence electrons. The first kappa shape index (κ1) is 25.5. The molecule has 0 bridgehead atoms. The molecule has 2 saturated heterocycles. The van der Waals surface area contributed by atoms with E-state index in [2.05, 4.69) is 4.90 Å². The van der Waals surface area contributed by atoms with Crippen LogP contribution in [-0.4, -0.2) is 65.2 Å². The van der Waals surface area contributed by atoms with Crippen molar-refractivity contribution in [3.8, 4) is 0 Å². The topological polar surface area (TPSA) is 70.1 Å². The minimum Gasteiger partial charge on any atom is -0.480 e. The van der Waals surface area contributed by atoms with Gasteiger partial charge in [-0.25, -0.2) is 9.18 Å². The summed E-state index contributed by atoms with van der Waals surface area (Å²) in [6, 6.07) is 7.75. The molecule has 0 spiro atoms. The molecule has 36 heavy (non-hydrogen) atoms. The van der Waals surface area contributed by atoms with Crippen LogP contribution in [0.1, 0.15) is 58.6 Å². The van der Waals surface area contributed by atoms with E-state index in [0.717, 1.165) is 36.1 Å². The molecule has 0 radical (unpaired) electrons. The maximum atomic E-state index is 15.3. The van der Waals surface area contributed by atoms with Gasteiger partial charge in [0.15, 0.2) is 0 Å². The van der Waals surface area contributed by atoms with Crippen LogP contribution in [-0.2, 0) is 22.5 Å². The van der Waals surface area contributed by atoms with E-state index in [1.807, 2.05) is 12.1 Å². The van der Waals surface area contributed by atoms with Crippen LogP contribution in [0.2, 0.25) is 10.0 Å². The molecule has 2 atom stereocenters. The molecule has 2 aromatic rings. The van der Waals surface area contributed by atoms with Gasteiger partial charge >= 0.3 is 5.97 Å². The summed E-state index contributed by atoms with van der Waals surface area (Å²) in [5.41, 5.74) is 2.87. The van der Waals surface area contributed by atoms with Gasteiger partial charge < -0.3 is 14.7 Å². The number of morpholine rings is 1. The largest absolute Gasteiger partial charge is 0.480 e. The van der Waals surface area contributed by atoms with Crippen molar-refractivity contribution < 1.29 is 23.8 Å². The molecule has 2 aromatic carbocycles. The molecule has 9 heteroatoms. The molecular weight excluding hydrogens is 506 g/mol. The van der Waals surface area contributed by atoms with Crippen LogP contribution in [0.3, 0.4) is 0 Å². The Bertz CT molecular complexity index is 1150. The van der Waals surface area contributed by atoms with Crippen molar-refractivity contribution in [2.45, 2.75) is 56.7 Å². The number of carboxylic acids is 1. The Morgan fingerprint density at radius 1 is 1.06 bits per heavy atom. The first-order valence-corrected chi connectivity index (χ1v) is 13.2. The van der Waals surface area contributed by atoms with Gasteiger partial charge in [-0.1, -0.05) is 23.2 Å². The number of carboxylic acid groups (broad SMARTS) is 1. The number of rotatable bonds is 7. The Kier molecular flexibility index (Phi) is 7.54. The van der Waals surface area contributed by atoms with Gasteiger partial charge in [-0.05, 0) is 85.0 Å². The summed E-state index contributed by atoms with van der Waals surface area (Å²) in [6.45, 7) is 2.89. The van der Waals surface area contributed by atoms with Gasteiger partial charge in [0.2, 0.25) is 0 Å². The van der Waals surface area contributed by atoms with E-state index in [4.69, 9.17) is 27.9 Å². The van der Waals surface area contributed by atoms with E-state index in [-0.39, 0.29) is 11.7 Å². The van der Waals surface area contributed by atoms with Crippen LogP contribution >= 0.6 is 23.2 Å². The number of benzene rings is 2. The number of halogens is 3. The predicted molar refractivity (Wildman–Crippen MR) is 135 cm³/mol. The number of amides is 1. The van der Waals surface area contributed by atoms with Crippen molar-refractivity contribution >= 4 is 35.1 Å². The Hall–Kier alpha value is -2.19. The second kappa shape index (κ2) is 10.7. The maximum Gasteiger partial charge on any atom is 0.326 e. The number of hydrogen-bond donors (Lipinski definition) is 1. The monoisotopic (exact) mass is 534 g/mol. The summed E-state index contributed by atoms with van der Waals surface area (Å²) in [5, 5.41) is 10.6. The van der Waals surface area contributed by atoms with Gasteiger partial charge in [0.05, 0.1) is 18.3 Å². The highest BCUT2D eigenvalue weighted by molar-refractivity contribution is 6.34. The molecule has 6 nitrogen and oxygen atoms in total. The minimum absolute atomic E-state index is 0.0218. The second-order valence-corrected chi connectivity index (χ2v) is 10.9. The van der Waals surface area contributed by atoms with Gasteiger partial charge in [0.1, 0.15) is 11.9 Å². The molecule has 5 rings (SSSR count). The van der Waals surface area contributed by atoms with Crippen LogP contribution in [0, 0.1) is 5.82 Å². The fourth-order valence-electron chi connectivity index (χ4n) is 5.41. The quantitative estimate of drug-likeness (QED) is 0.532. The van der Waals surface area contributed by atoms with E-state index in [0.29, 0.717) is 61.5 Å². The average molecular weight is 535 g/mol. The molecule has 0 aromatic heterocycles. The van der Waals surface area contributed by atoms with Gasteiger partial charge in [0.25, 0.3) is 5.91 Å². The minimum atomic E-state index is -1.04. The third-order valence-corrected chi connectivity index (χ3v) is 7.71. The Morgan fingerprint density at radius 2 is 1.81 bits per heavy atom. The fourth-order valence-corrected chi connectivity index (χ4v) is 5.98. The molecule has 0 unspecified atom stereocenters. The highest BCUT2D eigenvalue weighted by Crippen LogP contribution is 2.43. The predicted octanol–water partition coefficient (Wildman–Crippen LogP) is 5.14. The average Bonchev–Trinajstić information content (AvgIpc) is 3.53. The summed E-state index contributed by atoms with van der Waals surface area (Å²) in [7, 11) is 0. The lowest BCUT2D eigenvalue weighted by atomic mass is 9.97. The van der Waals surface area contributed by atoms with Crippen molar-refractivity contribution in [1.29, 1.82) is 0 Å². The number of nitrogens with zero attached hydrogens (tertiary/aromatic N) is 2. The van der Waals surface area contributed by atoms with E-state index >= 15 is 4.39 Å². The highest BCUT2D eigenvalue weighted by Gasteiger charge is 2.37. The zero-order valence-corrected chi connectivity index (χ0v) is 21.4. The van der Waals surface area contributed by atoms with Gasteiger partial charge in [0, 0.05) is 36.2 Å². The molecule has 1 amide bonds. The third-order valence-electron chi connectivity index (χ3n) is 7.28. The smallest absolute Gasteiger partial charge is 0.326 e. The van der Waals surface area contributed by atoms with Crippen molar-refractivity contribution in [3.05, 3.63) is 68.4 Å². The van der Waals surface area contributed by atoms with Crippen LogP contribution < -0.4 is 0 Å². The van der Waals surface area contributed by atoms with E-state index in [9.17, 15) is 14.7 Å². The molecule has 3 fully saturated rings. The van der Waals surface area contributed by atoms with Crippen molar-refractivity contribution in [2.24, 2.45) is 0 Å². The molecule has 1 N–H and O–H groups in total. The SMILES string of the molecule is O=C(O)[C@@H]1CCCN1C(=O)c1cc(C2CC2)c(CN2CCO[C@H](Cc3cc(Cl)cc(Cl)c3)C2)cc1F. The zero-order chi connectivity index (χ0) is 25.4. The lowest BCUT2D eigenvalue weighted by Gasteiger charge is -2.33. The summed E-state index contributed by atoms with van der Waals surface area (Å²) in [5.74, 6) is -1.85. The van der Waals surface area contributed by atoms with Crippen molar-refractivity contribution in [2.75, 3.05) is 26.2 Å². The Labute approximate surface area is 219 Å². The first-order valence-electron chi connectivity index (χ1n) is 12.4. The molecule has 3 aliphatic rings. The number of ether oxygens (including phenoxy) is 1. The fraction of sp³-hybridized carbons (Fsp3) is 0.481. The lowest BCUT2D eigenvalue weighted by molar-refractivity contribution is -0.141. The van der Waals surface area contributed by atoms with Crippen molar-refractivity contribution in [1.82, 2.24) is 9.80 Å². The molecule has 1 aliphatic carbocycles. The summed E-state index contributed by atoms with van der Waals surface area (Å²) < 4.78 is 21.3. The van der Waals surface area contributed by atoms with Crippen LogP contribution in [0.25, 0.3) is 0 Å². The highest BCUT2D eigenvalue weighted by atomic mass is 35.5. The van der Waals surface area contributed by atoms with E-state index in [1.165, 1.54) is 11.0 Å². The van der Waals surface area contributed by atoms with Gasteiger partial charge in [-0.15, -0.1) is 0 Å².